The van der Waals surface area contributed by atoms with Gasteiger partial charge in [-0.1, -0.05) is 0 Å². The van der Waals surface area contributed by atoms with E-state index < -0.39 is 15.9 Å². The lowest BCUT2D eigenvalue weighted by Gasteiger charge is -2.11. The molecular formula is C20H21N5O4S. The Hall–Kier alpha value is -3.24. The molecule has 3 aromatic rings. The number of anilines is 2. The molecule has 0 saturated carbocycles. The van der Waals surface area contributed by atoms with Crippen molar-refractivity contribution in [3.8, 4) is 0 Å². The van der Waals surface area contributed by atoms with Gasteiger partial charge in [-0.2, -0.15) is 0 Å². The lowest BCUT2D eigenvalue weighted by atomic mass is 10.3. The van der Waals surface area contributed by atoms with Crippen molar-refractivity contribution in [2.45, 2.75) is 24.3 Å². The van der Waals surface area contributed by atoms with Gasteiger partial charge in [0.2, 0.25) is 5.95 Å². The predicted octanol–water partition coefficient (Wildman–Crippen LogP) is 2.72. The quantitative estimate of drug-likeness (QED) is 0.595. The molecule has 1 amide bonds. The largest absolute Gasteiger partial charge is 0.455 e. The summed E-state index contributed by atoms with van der Waals surface area (Å²) in [6, 6.07) is 10.8. The van der Waals surface area contributed by atoms with Gasteiger partial charge in [-0.3, -0.25) is 9.69 Å². The van der Waals surface area contributed by atoms with Crippen molar-refractivity contribution in [3.05, 3.63) is 66.4 Å². The van der Waals surface area contributed by atoms with E-state index in [0.29, 0.717) is 12.2 Å². The van der Waals surface area contributed by atoms with Gasteiger partial charge < -0.3 is 9.73 Å². The highest BCUT2D eigenvalue weighted by molar-refractivity contribution is 7.92. The fraction of sp³-hybridized carbons (Fsp3) is 0.250. The standard InChI is InChI=1S/C20H21N5O4S/c26-19(18-9-6-16(29-18)14-25-12-1-2-13-25)23-15-4-7-17(8-5-15)30(27,28)24-20-21-10-3-11-22-20/h3-11H,1-2,12-14H2,(H,23,26)(H,21,22,24). The summed E-state index contributed by atoms with van der Waals surface area (Å²) < 4.78 is 32.8. The Morgan fingerprint density at radius 1 is 1.03 bits per heavy atom. The molecule has 1 aliphatic rings. The van der Waals surface area contributed by atoms with Gasteiger partial charge >= 0.3 is 0 Å². The van der Waals surface area contributed by atoms with E-state index in [-0.39, 0.29) is 16.6 Å². The molecule has 1 saturated heterocycles. The number of benzene rings is 1. The van der Waals surface area contributed by atoms with Gasteiger partial charge in [0.05, 0.1) is 11.4 Å². The van der Waals surface area contributed by atoms with Gasteiger partial charge in [0.15, 0.2) is 5.76 Å². The minimum Gasteiger partial charge on any atom is -0.455 e. The Kier molecular flexibility index (Phi) is 5.77. The van der Waals surface area contributed by atoms with Crippen LogP contribution >= 0.6 is 0 Å². The Balaban J connectivity index is 1.38. The number of nitrogens with zero attached hydrogens (tertiary/aromatic N) is 3. The molecule has 2 N–H and O–H groups in total. The van der Waals surface area contributed by atoms with Crippen LogP contribution in [0.1, 0.15) is 29.2 Å². The summed E-state index contributed by atoms with van der Waals surface area (Å²) in [4.78, 5) is 22.4. The molecular weight excluding hydrogens is 406 g/mol. The predicted molar refractivity (Wildman–Crippen MR) is 110 cm³/mol. The van der Waals surface area contributed by atoms with Gasteiger partial charge in [0.25, 0.3) is 15.9 Å². The normalized spacial score (nSPS) is 14.5. The minimum atomic E-state index is -3.83. The Bertz CT molecular complexity index is 1110. The molecule has 0 aliphatic carbocycles. The second kappa shape index (κ2) is 8.64. The number of furan rings is 1. The van der Waals surface area contributed by atoms with Crippen LogP contribution in [0.3, 0.4) is 0 Å². The number of hydrogen-bond donors (Lipinski definition) is 2. The number of rotatable bonds is 7. The second-order valence-corrected chi connectivity index (χ2v) is 8.59. The fourth-order valence-electron chi connectivity index (χ4n) is 3.19. The molecule has 9 nitrogen and oxygen atoms in total. The molecule has 10 heteroatoms. The molecule has 30 heavy (non-hydrogen) atoms. The Morgan fingerprint density at radius 3 is 2.43 bits per heavy atom. The molecule has 0 radical (unpaired) electrons. The molecule has 1 aliphatic heterocycles. The van der Waals surface area contributed by atoms with Gasteiger partial charge in [-0.15, -0.1) is 0 Å². The molecule has 1 aromatic carbocycles. The Labute approximate surface area is 174 Å². The van der Waals surface area contributed by atoms with Crippen molar-refractivity contribution in [3.63, 3.8) is 0 Å². The molecule has 0 unspecified atom stereocenters. The maximum atomic E-state index is 12.4. The van der Waals surface area contributed by atoms with E-state index in [1.165, 1.54) is 49.5 Å². The third-order valence-corrected chi connectivity index (χ3v) is 6.02. The van der Waals surface area contributed by atoms with Crippen LogP contribution < -0.4 is 10.0 Å². The Morgan fingerprint density at radius 2 is 1.73 bits per heavy atom. The van der Waals surface area contributed by atoms with Crippen LogP contribution in [0.4, 0.5) is 11.6 Å². The van der Waals surface area contributed by atoms with E-state index in [2.05, 4.69) is 24.9 Å². The number of carbonyl (C=O) groups is 1. The SMILES string of the molecule is O=C(Nc1ccc(S(=O)(=O)Nc2ncccn2)cc1)c1ccc(CN2CCCC2)o1. The summed E-state index contributed by atoms with van der Waals surface area (Å²) in [6.45, 7) is 2.78. The molecule has 2 aromatic heterocycles. The van der Waals surface area contributed by atoms with E-state index >= 15 is 0 Å². The summed E-state index contributed by atoms with van der Waals surface area (Å²) in [7, 11) is -3.83. The number of nitrogens with one attached hydrogen (secondary N) is 2. The van der Waals surface area contributed by atoms with E-state index in [1.54, 1.807) is 18.2 Å². The first-order valence-electron chi connectivity index (χ1n) is 9.52. The summed E-state index contributed by atoms with van der Waals surface area (Å²) in [5.74, 6) is 0.549. The van der Waals surface area contributed by atoms with Gasteiger partial charge in [0.1, 0.15) is 5.76 Å². The second-order valence-electron chi connectivity index (χ2n) is 6.91. The van der Waals surface area contributed by atoms with Crippen molar-refractivity contribution in [2.75, 3.05) is 23.1 Å². The maximum absolute atomic E-state index is 12.4. The highest BCUT2D eigenvalue weighted by atomic mass is 32.2. The van der Waals surface area contributed by atoms with Crippen molar-refractivity contribution in [1.29, 1.82) is 0 Å². The van der Waals surface area contributed by atoms with Crippen LogP contribution in [-0.2, 0) is 16.6 Å². The first-order valence-corrected chi connectivity index (χ1v) is 11.0. The van der Waals surface area contributed by atoms with Gasteiger partial charge in [0, 0.05) is 18.1 Å². The molecule has 156 valence electrons. The van der Waals surface area contributed by atoms with Crippen molar-refractivity contribution in [2.24, 2.45) is 0 Å². The third kappa shape index (κ3) is 4.84. The van der Waals surface area contributed by atoms with Crippen LogP contribution in [0.15, 0.2) is 64.2 Å². The monoisotopic (exact) mass is 427 g/mol. The van der Waals surface area contributed by atoms with Gasteiger partial charge in [-0.25, -0.2) is 23.1 Å². The first-order chi connectivity index (χ1) is 14.5. The number of hydrogen-bond acceptors (Lipinski definition) is 7. The average molecular weight is 427 g/mol. The smallest absolute Gasteiger partial charge is 0.291 e. The first kappa shape index (κ1) is 20.0. The topological polar surface area (TPSA) is 117 Å². The minimum absolute atomic E-state index is 0.0163. The van der Waals surface area contributed by atoms with Crippen LogP contribution in [0.5, 0.6) is 0 Å². The molecule has 0 bridgehead atoms. The zero-order chi connectivity index (χ0) is 21.0. The van der Waals surface area contributed by atoms with E-state index in [0.717, 1.165) is 18.8 Å². The summed E-state index contributed by atoms with van der Waals surface area (Å²) >= 11 is 0. The fourth-order valence-corrected chi connectivity index (χ4v) is 4.15. The number of carbonyl (C=O) groups excluding carboxylic acids is 1. The number of likely N-dealkylation sites (tertiary alicyclic amines) is 1. The van der Waals surface area contributed by atoms with Crippen molar-refractivity contribution < 1.29 is 17.6 Å². The summed E-state index contributed by atoms with van der Waals surface area (Å²) in [6.07, 6.45) is 5.25. The number of sulfonamides is 1. The summed E-state index contributed by atoms with van der Waals surface area (Å²) in [5.41, 5.74) is 0.451. The van der Waals surface area contributed by atoms with Gasteiger partial charge in [-0.05, 0) is 68.4 Å². The molecule has 3 heterocycles. The van der Waals surface area contributed by atoms with Crippen LogP contribution in [0.2, 0.25) is 0 Å². The van der Waals surface area contributed by atoms with E-state index in [9.17, 15) is 13.2 Å². The van der Waals surface area contributed by atoms with Crippen LogP contribution in [0, 0.1) is 0 Å². The van der Waals surface area contributed by atoms with Crippen LogP contribution in [-0.4, -0.2) is 42.3 Å². The maximum Gasteiger partial charge on any atom is 0.291 e. The van der Waals surface area contributed by atoms with Crippen molar-refractivity contribution in [1.82, 2.24) is 14.9 Å². The highest BCUT2D eigenvalue weighted by Crippen LogP contribution is 2.19. The van der Waals surface area contributed by atoms with Crippen molar-refractivity contribution >= 4 is 27.6 Å². The van der Waals surface area contributed by atoms with Crippen LogP contribution in [0.25, 0.3) is 0 Å². The zero-order valence-corrected chi connectivity index (χ0v) is 16.9. The molecule has 1 fully saturated rings. The molecule has 0 spiro atoms. The third-order valence-electron chi connectivity index (χ3n) is 4.68. The average Bonchev–Trinajstić information content (AvgIpc) is 3.41. The van der Waals surface area contributed by atoms with E-state index in [1.807, 2.05) is 0 Å². The highest BCUT2D eigenvalue weighted by Gasteiger charge is 2.18. The number of aromatic nitrogens is 2. The number of amides is 1. The lowest BCUT2D eigenvalue weighted by Crippen LogP contribution is -2.18. The summed E-state index contributed by atoms with van der Waals surface area (Å²) in [5, 5.41) is 2.71. The zero-order valence-electron chi connectivity index (χ0n) is 16.1. The molecule has 0 atom stereocenters. The van der Waals surface area contributed by atoms with E-state index in [4.69, 9.17) is 4.42 Å². The molecule has 4 rings (SSSR count). The lowest BCUT2D eigenvalue weighted by molar-refractivity contribution is 0.0993.